The van der Waals surface area contributed by atoms with Crippen LogP contribution in [0.15, 0.2) is 60.1 Å². The number of rotatable bonds is 8. The van der Waals surface area contributed by atoms with E-state index in [1.807, 2.05) is 54.0 Å². The Balaban J connectivity index is 1.85. The molecule has 1 atom stereocenters. The Morgan fingerprint density at radius 3 is 2.81 bits per heavy atom. The molecule has 6 nitrogen and oxygen atoms in total. The van der Waals surface area contributed by atoms with E-state index < -0.39 is 6.04 Å². The zero-order valence-corrected chi connectivity index (χ0v) is 15.7. The normalized spacial score (nSPS) is 12.4. The van der Waals surface area contributed by atoms with Crippen LogP contribution >= 0.6 is 11.3 Å². The molecule has 1 aromatic carbocycles. The number of thiophene rings is 1. The molecule has 2 heterocycles. The first-order chi connectivity index (χ1) is 13.2. The molecule has 27 heavy (non-hydrogen) atoms. The van der Waals surface area contributed by atoms with Gasteiger partial charge in [-0.1, -0.05) is 24.3 Å². The number of carbonyl (C=O) groups excluding carboxylic acids is 1. The molecule has 0 spiro atoms. The summed E-state index contributed by atoms with van der Waals surface area (Å²) in [6.07, 6.45) is 5.08. The summed E-state index contributed by atoms with van der Waals surface area (Å²) >= 11 is 1.59. The van der Waals surface area contributed by atoms with Crippen molar-refractivity contribution in [2.45, 2.75) is 6.04 Å². The van der Waals surface area contributed by atoms with Crippen molar-refractivity contribution in [3.63, 3.8) is 0 Å². The number of nitrogens with one attached hydrogen (secondary N) is 1. The summed E-state index contributed by atoms with van der Waals surface area (Å²) < 4.78 is 6.77. The fourth-order valence-electron chi connectivity index (χ4n) is 2.58. The lowest BCUT2D eigenvalue weighted by atomic mass is 10.2. The van der Waals surface area contributed by atoms with Crippen LogP contribution in [0, 0.1) is 0 Å². The van der Waals surface area contributed by atoms with Crippen LogP contribution in [0.5, 0.6) is 0 Å². The minimum absolute atomic E-state index is 0.181. The van der Waals surface area contributed by atoms with Gasteiger partial charge in [-0.25, -0.2) is 4.68 Å². The fourth-order valence-corrected chi connectivity index (χ4v) is 3.31. The quantitative estimate of drug-likeness (QED) is 0.587. The first-order valence-corrected chi connectivity index (χ1v) is 9.36. The molecule has 0 aliphatic heterocycles. The smallest absolute Gasteiger partial charge is 0.244 e. The largest absolute Gasteiger partial charge is 0.394 e. The highest BCUT2D eigenvalue weighted by Crippen LogP contribution is 2.28. The van der Waals surface area contributed by atoms with Crippen LogP contribution in [-0.4, -0.2) is 47.2 Å². The molecule has 0 saturated carbocycles. The van der Waals surface area contributed by atoms with Gasteiger partial charge in [0.15, 0.2) is 0 Å². The number of aliphatic hydroxyl groups excluding tert-OH is 1. The highest BCUT2D eigenvalue weighted by molar-refractivity contribution is 7.13. The highest BCUT2D eigenvalue weighted by Gasteiger charge is 2.13. The number of nitrogens with zero attached hydrogens (tertiary/aromatic N) is 2. The van der Waals surface area contributed by atoms with Crippen LogP contribution in [0.3, 0.4) is 0 Å². The predicted octanol–water partition coefficient (Wildman–Crippen LogP) is 2.74. The van der Waals surface area contributed by atoms with Crippen molar-refractivity contribution in [3.05, 3.63) is 65.7 Å². The summed E-state index contributed by atoms with van der Waals surface area (Å²) in [4.78, 5) is 13.2. The zero-order chi connectivity index (χ0) is 19.1. The number of amides is 1. The van der Waals surface area contributed by atoms with Gasteiger partial charge in [0, 0.05) is 24.9 Å². The number of benzene rings is 1. The number of aliphatic hydroxyl groups is 1. The highest BCUT2D eigenvalue weighted by atomic mass is 32.1. The molecule has 2 N–H and O–H groups in total. The van der Waals surface area contributed by atoms with Crippen LogP contribution in [0.1, 0.15) is 5.56 Å². The number of methoxy groups -OCH3 is 1. The van der Waals surface area contributed by atoms with Crippen molar-refractivity contribution < 1.29 is 14.6 Å². The van der Waals surface area contributed by atoms with Gasteiger partial charge in [-0.05, 0) is 29.7 Å². The van der Waals surface area contributed by atoms with Gasteiger partial charge in [0.1, 0.15) is 5.69 Å². The molecule has 0 saturated heterocycles. The molecular weight excluding hydrogens is 362 g/mol. The van der Waals surface area contributed by atoms with Crippen molar-refractivity contribution in [2.75, 3.05) is 20.3 Å². The minimum atomic E-state index is -0.434. The van der Waals surface area contributed by atoms with Gasteiger partial charge >= 0.3 is 0 Å². The maximum absolute atomic E-state index is 12.1. The predicted molar refractivity (Wildman–Crippen MR) is 107 cm³/mol. The van der Waals surface area contributed by atoms with E-state index in [2.05, 4.69) is 5.32 Å². The average Bonchev–Trinajstić information content (AvgIpc) is 3.36. The van der Waals surface area contributed by atoms with Crippen LogP contribution in [0.4, 0.5) is 0 Å². The maximum atomic E-state index is 12.1. The van der Waals surface area contributed by atoms with E-state index in [0.29, 0.717) is 0 Å². The van der Waals surface area contributed by atoms with E-state index in [4.69, 9.17) is 9.84 Å². The molecular formula is C20H21N3O3S. The first-order valence-electron chi connectivity index (χ1n) is 8.48. The van der Waals surface area contributed by atoms with Gasteiger partial charge in [-0.15, -0.1) is 11.3 Å². The van der Waals surface area contributed by atoms with Gasteiger partial charge in [-0.2, -0.15) is 5.10 Å². The molecule has 0 radical (unpaired) electrons. The Kier molecular flexibility index (Phi) is 6.54. The van der Waals surface area contributed by atoms with E-state index >= 15 is 0 Å². The van der Waals surface area contributed by atoms with E-state index in [9.17, 15) is 9.90 Å². The summed E-state index contributed by atoms with van der Waals surface area (Å²) in [5.41, 5.74) is 2.59. The molecule has 0 bridgehead atoms. The van der Waals surface area contributed by atoms with Crippen LogP contribution in [0.25, 0.3) is 22.3 Å². The number of ether oxygens (including phenoxy) is 1. The first kappa shape index (κ1) is 19.0. The van der Waals surface area contributed by atoms with E-state index in [0.717, 1.165) is 21.8 Å². The van der Waals surface area contributed by atoms with E-state index in [1.165, 1.54) is 13.2 Å². The molecule has 0 fully saturated rings. The zero-order valence-electron chi connectivity index (χ0n) is 14.9. The molecule has 0 aliphatic rings. The number of hydrogen-bond donors (Lipinski definition) is 2. The number of para-hydroxylation sites is 1. The average molecular weight is 383 g/mol. The Morgan fingerprint density at radius 1 is 1.33 bits per heavy atom. The standard InChI is InChI=1S/C20H21N3O3S/c1-26-14-16(13-24)21-19(25)10-9-15-12-23(17-6-3-2-4-7-17)22-20(15)18-8-5-11-27-18/h2-12,16,24H,13-14H2,1H3,(H,21,25)/b10-9+. The second-order valence-corrected chi connectivity index (χ2v) is 6.81. The third kappa shape index (κ3) is 4.91. The Labute approximate surface area is 161 Å². The van der Waals surface area contributed by atoms with Gasteiger partial charge < -0.3 is 15.2 Å². The fraction of sp³-hybridized carbons (Fsp3) is 0.200. The van der Waals surface area contributed by atoms with Crippen LogP contribution in [0.2, 0.25) is 0 Å². The number of aromatic nitrogens is 2. The third-order valence-electron chi connectivity index (χ3n) is 3.87. The van der Waals surface area contributed by atoms with Crippen molar-refractivity contribution >= 4 is 23.3 Å². The molecule has 3 rings (SSSR count). The van der Waals surface area contributed by atoms with Crippen molar-refractivity contribution in [1.82, 2.24) is 15.1 Å². The van der Waals surface area contributed by atoms with E-state index in [-0.39, 0.29) is 19.1 Å². The molecule has 1 unspecified atom stereocenters. The lowest BCUT2D eigenvalue weighted by molar-refractivity contribution is -0.117. The summed E-state index contributed by atoms with van der Waals surface area (Å²) in [6, 6.07) is 13.3. The maximum Gasteiger partial charge on any atom is 0.244 e. The third-order valence-corrected chi connectivity index (χ3v) is 4.74. The second kappa shape index (κ2) is 9.27. The van der Waals surface area contributed by atoms with Crippen molar-refractivity contribution in [3.8, 4) is 16.3 Å². The minimum Gasteiger partial charge on any atom is -0.394 e. The van der Waals surface area contributed by atoms with Crippen LogP contribution in [-0.2, 0) is 9.53 Å². The van der Waals surface area contributed by atoms with Gasteiger partial charge in [-0.3, -0.25) is 4.79 Å². The molecule has 3 aromatic rings. The van der Waals surface area contributed by atoms with Gasteiger partial charge in [0.2, 0.25) is 5.91 Å². The monoisotopic (exact) mass is 383 g/mol. The summed E-state index contributed by atoms with van der Waals surface area (Å²) in [6.45, 7) is 0.0717. The SMILES string of the molecule is COCC(CO)NC(=O)/C=C/c1cn(-c2ccccc2)nc1-c1cccs1. The van der Waals surface area contributed by atoms with E-state index in [1.54, 1.807) is 22.1 Å². The summed E-state index contributed by atoms with van der Waals surface area (Å²) in [5, 5.41) is 18.6. The van der Waals surface area contributed by atoms with Crippen LogP contribution < -0.4 is 5.32 Å². The van der Waals surface area contributed by atoms with Crippen molar-refractivity contribution in [1.29, 1.82) is 0 Å². The Bertz CT molecular complexity index is 889. The summed E-state index contributed by atoms with van der Waals surface area (Å²) in [7, 11) is 1.52. The lowest BCUT2D eigenvalue weighted by Crippen LogP contribution is -2.39. The molecule has 7 heteroatoms. The molecule has 0 aliphatic carbocycles. The van der Waals surface area contributed by atoms with Gasteiger partial charge in [0.05, 0.1) is 29.8 Å². The second-order valence-electron chi connectivity index (χ2n) is 5.87. The summed E-state index contributed by atoms with van der Waals surface area (Å²) in [5.74, 6) is -0.296. The molecule has 140 valence electrons. The Morgan fingerprint density at radius 2 is 2.15 bits per heavy atom. The van der Waals surface area contributed by atoms with Crippen molar-refractivity contribution in [2.24, 2.45) is 0 Å². The molecule has 2 aromatic heterocycles. The Hall–Kier alpha value is -2.74. The lowest BCUT2D eigenvalue weighted by Gasteiger charge is -2.13. The number of hydrogen-bond acceptors (Lipinski definition) is 5. The topological polar surface area (TPSA) is 76.4 Å². The molecule has 1 amide bonds. The van der Waals surface area contributed by atoms with Gasteiger partial charge in [0.25, 0.3) is 0 Å². The number of carbonyl (C=O) groups is 1.